The molecule has 9 heteroatoms. The Morgan fingerprint density at radius 1 is 1.00 bits per heavy atom. The summed E-state index contributed by atoms with van der Waals surface area (Å²) in [6.07, 6.45) is 1.38. The van der Waals surface area contributed by atoms with Crippen LogP contribution < -0.4 is 14.8 Å². The van der Waals surface area contributed by atoms with Crippen LogP contribution in [0.25, 0.3) is 11.4 Å². The number of ether oxygens (including phenoxy) is 3. The predicted molar refractivity (Wildman–Crippen MR) is 131 cm³/mol. The maximum atomic E-state index is 15.1. The molecule has 0 aliphatic carbocycles. The Morgan fingerprint density at radius 3 is 2.12 bits per heavy atom. The van der Waals surface area contributed by atoms with Crippen molar-refractivity contribution in [2.24, 2.45) is 0 Å². The van der Waals surface area contributed by atoms with Gasteiger partial charge in [-0.3, -0.25) is 10.1 Å². The fourth-order valence-electron chi connectivity index (χ4n) is 3.06. The summed E-state index contributed by atoms with van der Waals surface area (Å²) in [6, 6.07) is 13.1. The number of anilines is 2. The van der Waals surface area contributed by atoms with Crippen LogP contribution >= 0.6 is 0 Å². The summed E-state index contributed by atoms with van der Waals surface area (Å²) < 4.78 is 29.9. The van der Waals surface area contributed by atoms with Crippen LogP contribution in [0.3, 0.4) is 0 Å². The lowest BCUT2D eigenvalue weighted by atomic mass is 10.0. The van der Waals surface area contributed by atoms with Crippen molar-refractivity contribution in [1.82, 2.24) is 4.98 Å². The first-order valence-corrected chi connectivity index (χ1v) is 10.2. The Hall–Kier alpha value is -3.98. The summed E-state index contributed by atoms with van der Waals surface area (Å²) in [6.45, 7) is 3.42. The highest BCUT2D eigenvalue weighted by Gasteiger charge is 2.16. The van der Waals surface area contributed by atoms with Crippen LogP contribution in [0, 0.1) is 17.0 Å². The van der Waals surface area contributed by atoms with Crippen molar-refractivity contribution in [3.8, 4) is 11.5 Å². The molecule has 180 valence electrons. The summed E-state index contributed by atoms with van der Waals surface area (Å²) in [7, 11) is 6.31. The minimum atomic E-state index is -0.460. The van der Waals surface area contributed by atoms with Crippen molar-refractivity contribution in [3.05, 3.63) is 81.5 Å². The molecule has 1 heterocycles. The molecule has 1 aromatic heterocycles. The average molecular weight is 470 g/mol. The number of aromatic nitrogens is 1. The van der Waals surface area contributed by atoms with E-state index < -0.39 is 10.8 Å². The van der Waals surface area contributed by atoms with Crippen LogP contribution in [-0.4, -0.2) is 38.3 Å². The maximum Gasteiger partial charge on any atom is 0.292 e. The first kappa shape index (κ1) is 26.3. The van der Waals surface area contributed by atoms with Crippen LogP contribution in [0.4, 0.5) is 21.6 Å². The minimum Gasteiger partial charge on any atom is -0.497 e. The fourth-order valence-corrected chi connectivity index (χ4v) is 3.06. The number of nitro groups is 1. The summed E-state index contributed by atoms with van der Waals surface area (Å²) >= 11 is 0. The highest BCUT2D eigenvalue weighted by atomic mass is 19.1. The number of hydrogen-bond donors (Lipinski definition) is 1. The highest BCUT2D eigenvalue weighted by molar-refractivity contribution is 5.87. The number of allylic oxidation sites excluding steroid dienone is 1. The molecule has 3 aromatic rings. The largest absolute Gasteiger partial charge is 0.497 e. The third-order valence-electron chi connectivity index (χ3n) is 4.83. The zero-order valence-corrected chi connectivity index (χ0v) is 20.0. The Morgan fingerprint density at radius 2 is 1.62 bits per heavy atom. The number of nitrogens with one attached hydrogen (secondary N) is 1. The first-order chi connectivity index (χ1) is 16.2. The zero-order valence-electron chi connectivity index (χ0n) is 20.0. The second-order valence-electron chi connectivity index (χ2n) is 7.23. The van der Waals surface area contributed by atoms with Gasteiger partial charge in [0.1, 0.15) is 28.8 Å². The molecule has 3 rings (SSSR count). The van der Waals surface area contributed by atoms with Gasteiger partial charge in [0, 0.05) is 38.1 Å². The number of methoxy groups -OCH3 is 3. The SMILES string of the molecule is COC.COc1cc(OC)cc(/C(C)=C(\F)c2ccc(Nc3c(C)cccc3[N+](=O)[O-])nc2)c1. The number of nitro benzene ring substituents is 1. The normalized spacial score (nSPS) is 11.0. The molecule has 0 amide bonds. The molecule has 0 unspecified atom stereocenters. The third-order valence-corrected chi connectivity index (χ3v) is 4.83. The van der Waals surface area contributed by atoms with Gasteiger partial charge in [0.25, 0.3) is 5.69 Å². The summed E-state index contributed by atoms with van der Waals surface area (Å²) in [4.78, 5) is 15.0. The van der Waals surface area contributed by atoms with Crippen molar-refractivity contribution in [1.29, 1.82) is 0 Å². The number of nitrogens with zero attached hydrogens (tertiary/aromatic N) is 2. The van der Waals surface area contributed by atoms with Gasteiger partial charge in [-0.05, 0) is 54.8 Å². The maximum absolute atomic E-state index is 15.1. The van der Waals surface area contributed by atoms with Gasteiger partial charge in [-0.1, -0.05) is 12.1 Å². The van der Waals surface area contributed by atoms with Crippen molar-refractivity contribution < 1.29 is 23.5 Å². The van der Waals surface area contributed by atoms with Crippen molar-refractivity contribution in [2.75, 3.05) is 33.8 Å². The Kier molecular flexibility index (Phi) is 9.51. The molecule has 0 bridgehead atoms. The van der Waals surface area contributed by atoms with Crippen LogP contribution in [0.1, 0.15) is 23.6 Å². The lowest BCUT2D eigenvalue weighted by Crippen LogP contribution is -2.00. The van der Waals surface area contributed by atoms with Gasteiger partial charge in [-0.15, -0.1) is 0 Å². The molecule has 2 aromatic carbocycles. The number of halogens is 1. The average Bonchev–Trinajstić information content (AvgIpc) is 2.84. The van der Waals surface area contributed by atoms with Gasteiger partial charge >= 0.3 is 0 Å². The fraction of sp³-hybridized carbons (Fsp3) is 0.240. The van der Waals surface area contributed by atoms with Gasteiger partial charge in [-0.2, -0.15) is 0 Å². The summed E-state index contributed by atoms with van der Waals surface area (Å²) in [5, 5.41) is 14.2. The van der Waals surface area contributed by atoms with Crippen LogP contribution in [0.5, 0.6) is 11.5 Å². The van der Waals surface area contributed by atoms with E-state index in [1.807, 2.05) is 0 Å². The number of aryl methyl sites for hydroxylation is 1. The molecule has 0 aliphatic heterocycles. The Balaban J connectivity index is 0.00000129. The number of pyridine rings is 1. The van der Waals surface area contributed by atoms with Gasteiger partial charge in [0.2, 0.25) is 0 Å². The van der Waals surface area contributed by atoms with E-state index >= 15 is 4.39 Å². The molecular weight excluding hydrogens is 441 g/mol. The van der Waals surface area contributed by atoms with Gasteiger partial charge < -0.3 is 19.5 Å². The summed E-state index contributed by atoms with van der Waals surface area (Å²) in [5.41, 5.74) is 2.29. The highest BCUT2D eigenvalue weighted by Crippen LogP contribution is 2.33. The van der Waals surface area contributed by atoms with E-state index in [1.54, 1.807) is 70.5 Å². The van der Waals surface area contributed by atoms with E-state index in [0.29, 0.717) is 39.7 Å². The van der Waals surface area contributed by atoms with Crippen LogP contribution in [-0.2, 0) is 4.74 Å². The van der Waals surface area contributed by atoms with E-state index in [4.69, 9.17) is 9.47 Å². The van der Waals surface area contributed by atoms with Crippen molar-refractivity contribution in [3.63, 3.8) is 0 Å². The topological polar surface area (TPSA) is 95.8 Å². The summed E-state index contributed by atoms with van der Waals surface area (Å²) in [5.74, 6) is 1.03. The minimum absolute atomic E-state index is 0.0558. The van der Waals surface area contributed by atoms with E-state index in [-0.39, 0.29) is 11.3 Å². The van der Waals surface area contributed by atoms with E-state index in [1.165, 1.54) is 26.5 Å². The first-order valence-electron chi connectivity index (χ1n) is 10.2. The molecule has 8 nitrogen and oxygen atoms in total. The molecule has 1 N–H and O–H groups in total. The Labute approximate surface area is 198 Å². The van der Waals surface area contributed by atoms with Gasteiger partial charge in [0.15, 0.2) is 0 Å². The zero-order chi connectivity index (χ0) is 25.3. The molecular formula is C25H28FN3O5. The standard InChI is InChI=1S/C23H22FN3O4.C2H6O/c1-14-6-5-7-20(27(28)29)23(14)26-21-9-8-16(13-25-21)22(24)15(2)17-10-18(30-3)12-19(11-17)31-4;1-3-2/h5-13H,1-4H3,(H,25,26);1-2H3/b22-15-;. The molecule has 0 atom stereocenters. The van der Waals surface area contributed by atoms with Gasteiger partial charge in [0.05, 0.1) is 19.1 Å². The number of rotatable bonds is 7. The number of para-hydroxylation sites is 1. The van der Waals surface area contributed by atoms with Crippen LogP contribution in [0.2, 0.25) is 0 Å². The second kappa shape index (κ2) is 12.3. The lowest BCUT2D eigenvalue weighted by Gasteiger charge is -2.11. The molecule has 0 radical (unpaired) electrons. The third kappa shape index (κ3) is 6.52. The molecule has 0 fully saturated rings. The molecule has 0 aliphatic rings. The van der Waals surface area contributed by atoms with E-state index in [9.17, 15) is 10.1 Å². The number of hydrogen-bond acceptors (Lipinski definition) is 7. The monoisotopic (exact) mass is 469 g/mol. The molecule has 0 saturated carbocycles. The second-order valence-corrected chi connectivity index (χ2v) is 7.23. The Bertz CT molecular complexity index is 1140. The predicted octanol–water partition coefficient (Wildman–Crippen LogP) is 6.18. The van der Waals surface area contributed by atoms with E-state index in [0.717, 1.165) is 0 Å². The smallest absolute Gasteiger partial charge is 0.292 e. The van der Waals surface area contributed by atoms with Gasteiger partial charge in [-0.25, -0.2) is 9.37 Å². The van der Waals surface area contributed by atoms with Crippen LogP contribution in [0.15, 0.2) is 54.7 Å². The van der Waals surface area contributed by atoms with Crippen molar-refractivity contribution >= 4 is 28.6 Å². The van der Waals surface area contributed by atoms with E-state index in [2.05, 4.69) is 15.0 Å². The molecule has 34 heavy (non-hydrogen) atoms. The molecule has 0 spiro atoms. The number of benzene rings is 2. The molecule has 0 saturated heterocycles. The lowest BCUT2D eigenvalue weighted by molar-refractivity contribution is -0.384. The van der Waals surface area contributed by atoms with Crippen molar-refractivity contribution in [2.45, 2.75) is 13.8 Å². The quantitative estimate of drug-likeness (QED) is 0.326.